The summed E-state index contributed by atoms with van der Waals surface area (Å²) >= 11 is 7.69. The number of halogens is 2. The van der Waals surface area contributed by atoms with Crippen molar-refractivity contribution in [2.24, 2.45) is 4.99 Å². The number of hydrogen-bond donors (Lipinski definition) is 2. The number of benzene rings is 1. The highest BCUT2D eigenvalue weighted by atomic mass is 127. The molecular formula is C18H21ClIN5S. The summed E-state index contributed by atoms with van der Waals surface area (Å²) in [4.78, 5) is 5.62. The van der Waals surface area contributed by atoms with Crippen molar-refractivity contribution in [1.29, 1.82) is 0 Å². The lowest BCUT2D eigenvalue weighted by Gasteiger charge is -2.10. The number of hydrogen-bond acceptors (Lipinski definition) is 3. The first-order valence-electron chi connectivity index (χ1n) is 8.01. The second-order valence-electron chi connectivity index (χ2n) is 5.45. The van der Waals surface area contributed by atoms with E-state index in [9.17, 15) is 0 Å². The summed E-state index contributed by atoms with van der Waals surface area (Å²) in [6, 6.07) is 11.8. The van der Waals surface area contributed by atoms with Gasteiger partial charge in [0.25, 0.3) is 0 Å². The molecule has 0 amide bonds. The van der Waals surface area contributed by atoms with Crippen LogP contribution < -0.4 is 10.6 Å². The van der Waals surface area contributed by atoms with Crippen LogP contribution in [0, 0.1) is 0 Å². The fraction of sp³-hybridized carbons (Fsp3) is 0.222. The van der Waals surface area contributed by atoms with Gasteiger partial charge in [-0.3, -0.25) is 4.99 Å². The zero-order chi connectivity index (χ0) is 17.5. The van der Waals surface area contributed by atoms with E-state index in [2.05, 4.69) is 38.2 Å². The van der Waals surface area contributed by atoms with E-state index < -0.39 is 0 Å². The lowest BCUT2D eigenvalue weighted by Crippen LogP contribution is -2.37. The molecule has 0 fully saturated rings. The number of rotatable bonds is 6. The van der Waals surface area contributed by atoms with Crippen LogP contribution in [0.3, 0.4) is 0 Å². The van der Waals surface area contributed by atoms with Crippen LogP contribution in [0.15, 0.2) is 59.2 Å². The second kappa shape index (κ2) is 10.5. The van der Waals surface area contributed by atoms with Gasteiger partial charge in [-0.25, -0.2) is 4.68 Å². The molecule has 2 aromatic heterocycles. The first-order chi connectivity index (χ1) is 12.2. The molecule has 3 rings (SSSR count). The van der Waals surface area contributed by atoms with Gasteiger partial charge in [0.15, 0.2) is 5.96 Å². The van der Waals surface area contributed by atoms with Crippen LogP contribution in [0.5, 0.6) is 0 Å². The van der Waals surface area contributed by atoms with E-state index in [1.165, 1.54) is 4.88 Å². The van der Waals surface area contributed by atoms with Crippen LogP contribution in [-0.2, 0) is 13.0 Å². The van der Waals surface area contributed by atoms with Gasteiger partial charge in [-0.05, 0) is 42.1 Å². The van der Waals surface area contributed by atoms with Crippen LogP contribution in [0.4, 0.5) is 0 Å². The molecule has 0 atom stereocenters. The van der Waals surface area contributed by atoms with Crippen molar-refractivity contribution in [2.45, 2.75) is 13.0 Å². The molecule has 0 saturated heterocycles. The first kappa shape index (κ1) is 20.7. The minimum absolute atomic E-state index is 0. The molecule has 0 aliphatic carbocycles. The Bertz CT molecular complexity index is 814. The molecule has 1 aromatic carbocycles. The molecule has 0 aliphatic rings. The third-order valence-electron chi connectivity index (χ3n) is 3.65. The Morgan fingerprint density at radius 2 is 2.04 bits per heavy atom. The Balaban J connectivity index is 0.00000243. The minimum Gasteiger partial charge on any atom is -0.356 e. The summed E-state index contributed by atoms with van der Waals surface area (Å²) in [6.07, 6.45) is 4.84. The number of thiophene rings is 1. The summed E-state index contributed by atoms with van der Waals surface area (Å²) in [7, 11) is 1.78. The number of guanidine groups is 1. The molecule has 8 heteroatoms. The summed E-state index contributed by atoms with van der Waals surface area (Å²) in [5.74, 6) is 0.788. The number of nitrogens with one attached hydrogen (secondary N) is 2. The van der Waals surface area contributed by atoms with Gasteiger partial charge in [-0.15, -0.1) is 35.3 Å². The molecular weight excluding hydrogens is 481 g/mol. The van der Waals surface area contributed by atoms with Crippen molar-refractivity contribution in [3.8, 4) is 5.69 Å². The molecule has 0 aliphatic heterocycles. The second-order valence-corrected chi connectivity index (χ2v) is 6.92. The van der Waals surface area contributed by atoms with Gasteiger partial charge in [0.2, 0.25) is 0 Å². The monoisotopic (exact) mass is 501 g/mol. The molecule has 0 spiro atoms. The quantitative estimate of drug-likeness (QED) is 0.304. The van der Waals surface area contributed by atoms with Crippen molar-refractivity contribution in [3.63, 3.8) is 0 Å². The molecule has 5 nitrogen and oxygen atoms in total. The van der Waals surface area contributed by atoms with Crippen molar-refractivity contribution < 1.29 is 0 Å². The van der Waals surface area contributed by atoms with E-state index in [1.54, 1.807) is 18.4 Å². The molecule has 2 N–H and O–H groups in total. The molecule has 26 heavy (non-hydrogen) atoms. The molecule has 0 radical (unpaired) electrons. The van der Waals surface area contributed by atoms with Crippen molar-refractivity contribution >= 4 is 52.9 Å². The molecule has 0 unspecified atom stereocenters. The highest BCUT2D eigenvalue weighted by Crippen LogP contribution is 2.13. The largest absolute Gasteiger partial charge is 0.356 e. The summed E-state index contributed by atoms with van der Waals surface area (Å²) in [5.41, 5.74) is 2.06. The van der Waals surface area contributed by atoms with Crippen molar-refractivity contribution in [3.05, 3.63) is 69.6 Å². The van der Waals surface area contributed by atoms with Crippen LogP contribution >= 0.6 is 46.9 Å². The maximum absolute atomic E-state index is 5.92. The topological polar surface area (TPSA) is 54.2 Å². The number of nitrogens with zero attached hydrogens (tertiary/aromatic N) is 3. The summed E-state index contributed by atoms with van der Waals surface area (Å²) in [6.45, 7) is 1.51. The Kier molecular flexibility index (Phi) is 8.40. The zero-order valence-corrected chi connectivity index (χ0v) is 18.3. The fourth-order valence-electron chi connectivity index (χ4n) is 2.35. The Labute approximate surface area is 179 Å². The lowest BCUT2D eigenvalue weighted by molar-refractivity contribution is 0.798. The molecule has 3 aromatic rings. The predicted molar refractivity (Wildman–Crippen MR) is 120 cm³/mol. The van der Waals surface area contributed by atoms with E-state index in [0.717, 1.165) is 35.2 Å². The Morgan fingerprint density at radius 3 is 2.73 bits per heavy atom. The fourth-order valence-corrected chi connectivity index (χ4v) is 3.19. The van der Waals surface area contributed by atoms with E-state index in [0.29, 0.717) is 6.54 Å². The molecule has 0 bridgehead atoms. The van der Waals surface area contributed by atoms with Crippen molar-refractivity contribution in [1.82, 2.24) is 20.4 Å². The highest BCUT2D eigenvalue weighted by Gasteiger charge is 2.03. The smallest absolute Gasteiger partial charge is 0.191 e. The average Bonchev–Trinajstić information content (AvgIpc) is 3.30. The summed E-state index contributed by atoms with van der Waals surface area (Å²) in [5, 5.41) is 13.8. The Morgan fingerprint density at radius 1 is 1.23 bits per heavy atom. The van der Waals surface area contributed by atoms with Gasteiger partial charge >= 0.3 is 0 Å². The third-order valence-corrected chi connectivity index (χ3v) is 4.84. The van der Waals surface area contributed by atoms with Gasteiger partial charge in [0.1, 0.15) is 0 Å². The van der Waals surface area contributed by atoms with Gasteiger partial charge in [-0.2, -0.15) is 5.10 Å². The highest BCUT2D eigenvalue weighted by molar-refractivity contribution is 14.0. The lowest BCUT2D eigenvalue weighted by atomic mass is 10.3. The van der Waals surface area contributed by atoms with Crippen LogP contribution in [0.1, 0.15) is 10.4 Å². The average molecular weight is 502 g/mol. The normalized spacial score (nSPS) is 11.1. The third kappa shape index (κ3) is 6.00. The predicted octanol–water partition coefficient (Wildman–Crippen LogP) is 4.11. The van der Waals surface area contributed by atoms with Crippen LogP contribution in [0.25, 0.3) is 5.69 Å². The molecule has 138 valence electrons. The van der Waals surface area contributed by atoms with E-state index in [4.69, 9.17) is 11.6 Å². The van der Waals surface area contributed by atoms with Gasteiger partial charge < -0.3 is 10.6 Å². The van der Waals surface area contributed by atoms with Gasteiger partial charge in [-0.1, -0.05) is 17.7 Å². The molecule has 2 heterocycles. The van der Waals surface area contributed by atoms with Gasteiger partial charge in [0.05, 0.1) is 11.9 Å². The van der Waals surface area contributed by atoms with Crippen LogP contribution in [-0.4, -0.2) is 29.3 Å². The van der Waals surface area contributed by atoms with E-state index in [1.807, 2.05) is 41.3 Å². The number of aliphatic imine (C=N–C) groups is 1. The summed E-state index contributed by atoms with van der Waals surface area (Å²) < 4.78 is 1.83. The molecule has 0 saturated carbocycles. The SMILES string of the molecule is CN=C(NCCc1cccs1)NCc1cnn(-c2ccc(Cl)cc2)c1.I. The van der Waals surface area contributed by atoms with Crippen molar-refractivity contribution in [2.75, 3.05) is 13.6 Å². The maximum atomic E-state index is 5.92. The maximum Gasteiger partial charge on any atom is 0.191 e. The zero-order valence-electron chi connectivity index (χ0n) is 14.4. The standard InChI is InChI=1S/C18H20ClN5S.HI/c1-20-18(21-9-8-17-3-2-10-25-17)22-11-14-12-23-24(13-14)16-6-4-15(19)5-7-16;/h2-7,10,12-13H,8-9,11H2,1H3,(H2,20,21,22);1H. The first-order valence-corrected chi connectivity index (χ1v) is 9.27. The number of aromatic nitrogens is 2. The Hall–Kier alpha value is -1.58. The van der Waals surface area contributed by atoms with Gasteiger partial charge in [0, 0.05) is 41.8 Å². The minimum atomic E-state index is 0. The van der Waals surface area contributed by atoms with Crippen LogP contribution in [0.2, 0.25) is 5.02 Å². The van der Waals surface area contributed by atoms with E-state index >= 15 is 0 Å². The van der Waals surface area contributed by atoms with E-state index in [-0.39, 0.29) is 24.0 Å².